The Morgan fingerprint density at radius 1 is 1.44 bits per heavy atom. The number of nitrogens with zero attached hydrogens (tertiary/aromatic N) is 4. The molecule has 2 heterocycles. The first-order valence-electron chi connectivity index (χ1n) is 8.12. The lowest BCUT2D eigenvalue weighted by molar-refractivity contribution is -0.132. The molecule has 3 rings (SSSR count). The van der Waals surface area contributed by atoms with Crippen molar-refractivity contribution in [2.45, 2.75) is 30.5 Å². The van der Waals surface area contributed by atoms with E-state index in [9.17, 15) is 9.59 Å². The number of carbonyl (C=O) groups excluding carboxylic acids is 2. The first-order chi connectivity index (χ1) is 12.1. The number of likely N-dealkylation sites (N-methyl/N-ethyl adjacent to an activating group) is 2. The van der Waals surface area contributed by atoms with Crippen LogP contribution >= 0.6 is 23.1 Å². The molecule has 1 N–H and O–H groups in total. The fourth-order valence-corrected chi connectivity index (χ4v) is 4.08. The summed E-state index contributed by atoms with van der Waals surface area (Å²) in [4.78, 5) is 26.3. The highest BCUT2D eigenvalue weighted by molar-refractivity contribution is 7.99. The molecule has 0 radical (unpaired) electrons. The molecule has 9 heteroatoms. The summed E-state index contributed by atoms with van der Waals surface area (Å²) in [6, 6.07) is 4.58. The van der Waals surface area contributed by atoms with Crippen LogP contribution in [0.2, 0.25) is 0 Å². The van der Waals surface area contributed by atoms with Gasteiger partial charge in [0.2, 0.25) is 11.8 Å². The van der Waals surface area contributed by atoms with Gasteiger partial charge in [-0.05, 0) is 24.3 Å². The summed E-state index contributed by atoms with van der Waals surface area (Å²) in [6.07, 6.45) is 3.04. The molecular weight excluding hydrogens is 358 g/mol. The van der Waals surface area contributed by atoms with Gasteiger partial charge in [0.1, 0.15) is 5.82 Å². The first kappa shape index (κ1) is 17.9. The average Bonchev–Trinajstić information content (AvgIpc) is 3.15. The first-order valence-corrected chi connectivity index (χ1v) is 9.98. The molecule has 0 aliphatic heterocycles. The van der Waals surface area contributed by atoms with Crippen LogP contribution in [0.1, 0.15) is 29.6 Å². The summed E-state index contributed by atoms with van der Waals surface area (Å²) >= 11 is 3.10. The number of amides is 2. The minimum absolute atomic E-state index is 0.0643. The summed E-state index contributed by atoms with van der Waals surface area (Å²) in [5, 5.41) is 14.0. The average molecular weight is 380 g/mol. The van der Waals surface area contributed by atoms with E-state index in [0.29, 0.717) is 6.04 Å². The molecule has 2 aromatic rings. The molecule has 0 atom stereocenters. The Morgan fingerprint density at radius 3 is 2.88 bits per heavy atom. The van der Waals surface area contributed by atoms with Gasteiger partial charge in [0.05, 0.1) is 12.3 Å². The number of aromatic nitrogens is 3. The Kier molecular flexibility index (Phi) is 5.74. The van der Waals surface area contributed by atoms with Crippen LogP contribution in [0.3, 0.4) is 0 Å². The molecule has 1 aliphatic carbocycles. The molecule has 134 valence electrons. The van der Waals surface area contributed by atoms with Gasteiger partial charge in [0.15, 0.2) is 5.16 Å². The van der Waals surface area contributed by atoms with Crippen molar-refractivity contribution in [3.8, 4) is 0 Å². The van der Waals surface area contributed by atoms with E-state index >= 15 is 0 Å². The molecule has 7 nitrogen and oxygen atoms in total. The molecule has 0 unspecified atom stereocenters. The number of thiophene rings is 1. The van der Waals surface area contributed by atoms with E-state index in [2.05, 4.69) is 31.5 Å². The summed E-state index contributed by atoms with van der Waals surface area (Å²) in [5.41, 5.74) is 0. The third-order valence-corrected chi connectivity index (χ3v) is 5.77. The van der Waals surface area contributed by atoms with Crippen LogP contribution in [0.5, 0.6) is 0 Å². The molecule has 0 spiro atoms. The zero-order valence-corrected chi connectivity index (χ0v) is 15.9. The predicted molar refractivity (Wildman–Crippen MR) is 97.8 cm³/mol. The molecule has 25 heavy (non-hydrogen) atoms. The quantitative estimate of drug-likeness (QED) is 0.704. The highest BCUT2D eigenvalue weighted by atomic mass is 32.2. The normalized spacial score (nSPS) is 13.7. The number of thioether (sulfide) groups is 1. The van der Waals surface area contributed by atoms with Crippen molar-refractivity contribution in [1.29, 1.82) is 0 Å². The van der Waals surface area contributed by atoms with Crippen molar-refractivity contribution in [3.63, 3.8) is 0 Å². The van der Waals surface area contributed by atoms with Crippen molar-refractivity contribution < 1.29 is 9.59 Å². The second-order valence-electron chi connectivity index (χ2n) is 5.97. The highest BCUT2D eigenvalue weighted by Gasteiger charge is 2.30. The fraction of sp³-hybridized carbons (Fsp3) is 0.500. The molecule has 2 amide bonds. The Morgan fingerprint density at radius 2 is 2.24 bits per heavy atom. The minimum atomic E-state index is -0.180. The van der Waals surface area contributed by atoms with E-state index in [1.165, 1.54) is 21.5 Å². The van der Waals surface area contributed by atoms with Crippen LogP contribution in [0.15, 0.2) is 22.7 Å². The minimum Gasteiger partial charge on any atom is -0.358 e. The van der Waals surface area contributed by atoms with Crippen LogP contribution in [-0.4, -0.2) is 57.9 Å². The van der Waals surface area contributed by atoms with E-state index in [-0.39, 0.29) is 24.1 Å². The number of rotatable bonds is 8. The van der Waals surface area contributed by atoms with Gasteiger partial charge in [-0.25, -0.2) is 0 Å². The summed E-state index contributed by atoms with van der Waals surface area (Å²) < 4.78 is 2.18. The van der Waals surface area contributed by atoms with Gasteiger partial charge in [0.25, 0.3) is 0 Å². The van der Waals surface area contributed by atoms with Crippen molar-refractivity contribution in [3.05, 3.63) is 28.2 Å². The SMILES string of the molecule is CNC(=O)CN(C)C(=O)CSc1nnc(Cc2cccs2)n1C1CC1. The standard InChI is InChI=1S/C16H21N5O2S2/c1-17-14(22)9-20(2)15(23)10-25-16-19-18-13(21(16)11-5-6-11)8-12-4-3-7-24-12/h3-4,7,11H,5-6,8-10H2,1-2H3,(H,17,22). The maximum atomic E-state index is 12.2. The second kappa shape index (κ2) is 8.01. The van der Waals surface area contributed by atoms with Crippen LogP contribution in [0.4, 0.5) is 0 Å². The van der Waals surface area contributed by atoms with E-state index in [1.54, 1.807) is 25.4 Å². The molecule has 0 saturated heterocycles. The Bertz CT molecular complexity index is 740. The van der Waals surface area contributed by atoms with Gasteiger partial charge in [0, 0.05) is 31.4 Å². The third kappa shape index (κ3) is 4.60. The molecule has 1 fully saturated rings. The van der Waals surface area contributed by atoms with Crippen LogP contribution in [0.25, 0.3) is 0 Å². The van der Waals surface area contributed by atoms with Crippen LogP contribution in [0, 0.1) is 0 Å². The summed E-state index contributed by atoms with van der Waals surface area (Å²) in [5.74, 6) is 0.926. The molecule has 0 bridgehead atoms. The molecule has 1 aliphatic rings. The van der Waals surface area contributed by atoms with Gasteiger partial charge >= 0.3 is 0 Å². The maximum Gasteiger partial charge on any atom is 0.239 e. The van der Waals surface area contributed by atoms with Crippen LogP contribution in [-0.2, 0) is 16.0 Å². The van der Waals surface area contributed by atoms with E-state index in [4.69, 9.17) is 0 Å². The number of nitrogens with one attached hydrogen (secondary N) is 1. The summed E-state index contributed by atoms with van der Waals surface area (Å²) in [6.45, 7) is 0.0643. The predicted octanol–water partition coefficient (Wildman–Crippen LogP) is 1.56. The van der Waals surface area contributed by atoms with Gasteiger partial charge < -0.3 is 14.8 Å². The highest BCUT2D eigenvalue weighted by Crippen LogP contribution is 2.39. The lowest BCUT2D eigenvalue weighted by Crippen LogP contribution is -2.37. The largest absolute Gasteiger partial charge is 0.358 e. The number of hydrogen-bond donors (Lipinski definition) is 1. The van der Waals surface area contributed by atoms with Crippen molar-refractivity contribution in [2.24, 2.45) is 0 Å². The maximum absolute atomic E-state index is 12.2. The lowest BCUT2D eigenvalue weighted by Gasteiger charge is -2.15. The van der Waals surface area contributed by atoms with Crippen molar-refractivity contribution in [1.82, 2.24) is 25.0 Å². The molecule has 1 saturated carbocycles. The molecule has 0 aromatic carbocycles. The molecule has 2 aromatic heterocycles. The van der Waals surface area contributed by atoms with E-state index < -0.39 is 0 Å². The third-order valence-electron chi connectivity index (χ3n) is 3.97. The topological polar surface area (TPSA) is 80.1 Å². The zero-order chi connectivity index (χ0) is 17.8. The Labute approximate surface area is 154 Å². The van der Waals surface area contributed by atoms with Crippen molar-refractivity contribution in [2.75, 3.05) is 26.4 Å². The Balaban J connectivity index is 1.63. The van der Waals surface area contributed by atoms with Gasteiger partial charge in [-0.3, -0.25) is 9.59 Å². The zero-order valence-electron chi connectivity index (χ0n) is 14.3. The Hall–Kier alpha value is -1.87. The van der Waals surface area contributed by atoms with Gasteiger partial charge in [-0.15, -0.1) is 21.5 Å². The van der Waals surface area contributed by atoms with Gasteiger partial charge in [-0.2, -0.15) is 0 Å². The van der Waals surface area contributed by atoms with E-state index in [1.807, 2.05) is 6.07 Å². The van der Waals surface area contributed by atoms with Crippen LogP contribution < -0.4 is 5.32 Å². The number of carbonyl (C=O) groups is 2. The smallest absolute Gasteiger partial charge is 0.239 e. The van der Waals surface area contributed by atoms with Crippen molar-refractivity contribution >= 4 is 34.9 Å². The number of hydrogen-bond acceptors (Lipinski definition) is 6. The lowest BCUT2D eigenvalue weighted by atomic mass is 10.3. The molecular formula is C16H21N5O2S2. The second-order valence-corrected chi connectivity index (χ2v) is 7.94. The van der Waals surface area contributed by atoms with Gasteiger partial charge in [-0.1, -0.05) is 17.8 Å². The fourth-order valence-electron chi connectivity index (χ4n) is 2.41. The van der Waals surface area contributed by atoms with E-state index in [0.717, 1.165) is 30.2 Å². The monoisotopic (exact) mass is 379 g/mol. The summed E-state index contributed by atoms with van der Waals surface area (Å²) in [7, 11) is 3.19.